The molecule has 162 valence electrons. The van der Waals surface area contributed by atoms with E-state index >= 15 is 0 Å². The molecule has 2 heterocycles. The van der Waals surface area contributed by atoms with Crippen LogP contribution in [0.5, 0.6) is 0 Å². The number of nitrogens with one attached hydrogen (secondary N) is 2. The molecule has 0 spiro atoms. The SMILES string of the molecule is CC.CCC1c2n[nH]c(=O)cc2CC(C)N1C(=O)Nc1cc(Cl)c([N+](=O)[O-])cc1F. The number of H-pyrrole nitrogens is 1. The summed E-state index contributed by atoms with van der Waals surface area (Å²) in [4.78, 5) is 36.0. The average molecular weight is 440 g/mol. The van der Waals surface area contributed by atoms with Crippen LogP contribution in [-0.2, 0) is 6.42 Å². The number of benzene rings is 1. The van der Waals surface area contributed by atoms with Crippen LogP contribution in [0.1, 0.15) is 51.4 Å². The van der Waals surface area contributed by atoms with Gasteiger partial charge in [0.15, 0.2) is 5.82 Å². The number of nitrogens with zero attached hydrogens (tertiary/aromatic N) is 3. The zero-order valence-corrected chi connectivity index (χ0v) is 17.8. The predicted octanol–water partition coefficient (Wildman–Crippen LogP) is 4.43. The highest BCUT2D eigenvalue weighted by Crippen LogP contribution is 2.35. The Labute approximate surface area is 177 Å². The van der Waals surface area contributed by atoms with Gasteiger partial charge in [0.2, 0.25) is 0 Å². The number of rotatable bonds is 3. The van der Waals surface area contributed by atoms with E-state index in [-0.39, 0.29) is 22.3 Å². The summed E-state index contributed by atoms with van der Waals surface area (Å²) in [5, 5.41) is 19.4. The van der Waals surface area contributed by atoms with Crippen molar-refractivity contribution in [2.75, 3.05) is 5.32 Å². The van der Waals surface area contributed by atoms with Gasteiger partial charge in [-0.3, -0.25) is 14.9 Å². The lowest BCUT2D eigenvalue weighted by atomic mass is 9.92. The molecule has 2 unspecified atom stereocenters. The first-order valence-corrected chi connectivity index (χ1v) is 9.92. The van der Waals surface area contributed by atoms with Gasteiger partial charge in [0.1, 0.15) is 5.02 Å². The summed E-state index contributed by atoms with van der Waals surface area (Å²) in [5.74, 6) is -0.968. The summed E-state index contributed by atoms with van der Waals surface area (Å²) in [6, 6.07) is 1.83. The topological polar surface area (TPSA) is 121 Å². The van der Waals surface area contributed by atoms with Crippen molar-refractivity contribution in [1.82, 2.24) is 15.1 Å². The molecule has 1 aliphatic heterocycles. The van der Waals surface area contributed by atoms with E-state index in [1.54, 1.807) is 0 Å². The maximum atomic E-state index is 14.2. The van der Waals surface area contributed by atoms with Crippen molar-refractivity contribution in [2.45, 2.75) is 52.6 Å². The third-order valence-electron chi connectivity index (χ3n) is 4.66. The fourth-order valence-electron chi connectivity index (χ4n) is 3.44. The van der Waals surface area contributed by atoms with Crippen LogP contribution in [0.2, 0.25) is 5.02 Å². The molecule has 0 aliphatic carbocycles. The maximum Gasteiger partial charge on any atom is 0.322 e. The summed E-state index contributed by atoms with van der Waals surface area (Å²) in [7, 11) is 0. The molecular formula is C19H23ClFN5O4. The minimum Gasteiger partial charge on any atom is -0.313 e. The normalized spacial score (nSPS) is 17.5. The molecule has 2 atom stereocenters. The van der Waals surface area contributed by atoms with Crippen LogP contribution in [0.3, 0.4) is 0 Å². The highest BCUT2D eigenvalue weighted by atomic mass is 35.5. The van der Waals surface area contributed by atoms with Crippen LogP contribution in [-0.4, -0.2) is 32.1 Å². The Morgan fingerprint density at radius 3 is 2.70 bits per heavy atom. The van der Waals surface area contributed by atoms with Crippen molar-refractivity contribution in [3.05, 3.63) is 60.8 Å². The van der Waals surface area contributed by atoms with Gasteiger partial charge in [0.05, 0.1) is 28.4 Å². The third kappa shape index (κ3) is 4.59. The maximum absolute atomic E-state index is 14.2. The monoisotopic (exact) mass is 439 g/mol. The largest absolute Gasteiger partial charge is 0.322 e. The number of aromatic nitrogens is 2. The van der Waals surface area contributed by atoms with Gasteiger partial charge >= 0.3 is 6.03 Å². The number of nitro groups is 1. The summed E-state index contributed by atoms with van der Waals surface area (Å²) >= 11 is 5.82. The smallest absolute Gasteiger partial charge is 0.313 e. The summed E-state index contributed by atoms with van der Waals surface area (Å²) in [6.07, 6.45) is 0.937. The number of carbonyl (C=O) groups excluding carboxylic acids is 1. The fraction of sp³-hybridized carbons (Fsp3) is 0.421. The lowest BCUT2D eigenvalue weighted by Crippen LogP contribution is -2.48. The average Bonchev–Trinajstić information content (AvgIpc) is 2.70. The Hall–Kier alpha value is -3.01. The molecular weight excluding hydrogens is 417 g/mol. The van der Waals surface area contributed by atoms with E-state index in [9.17, 15) is 24.1 Å². The number of anilines is 1. The molecule has 0 saturated heterocycles. The van der Waals surface area contributed by atoms with Crippen LogP contribution >= 0.6 is 11.6 Å². The van der Waals surface area contributed by atoms with E-state index in [1.165, 1.54) is 11.0 Å². The zero-order valence-electron chi connectivity index (χ0n) is 17.0. The Morgan fingerprint density at radius 2 is 2.10 bits per heavy atom. The molecule has 1 aromatic heterocycles. The molecule has 2 N–H and O–H groups in total. The lowest BCUT2D eigenvalue weighted by Gasteiger charge is -2.40. The Balaban J connectivity index is 0.00000155. The summed E-state index contributed by atoms with van der Waals surface area (Å²) < 4.78 is 14.2. The minimum atomic E-state index is -0.968. The number of urea groups is 1. The molecule has 0 fully saturated rings. The Bertz CT molecular complexity index is 1010. The van der Waals surface area contributed by atoms with E-state index in [1.807, 2.05) is 27.7 Å². The molecule has 1 aliphatic rings. The van der Waals surface area contributed by atoms with E-state index in [0.717, 1.165) is 11.6 Å². The van der Waals surface area contributed by atoms with E-state index < -0.39 is 28.5 Å². The zero-order chi connectivity index (χ0) is 22.6. The van der Waals surface area contributed by atoms with Gasteiger partial charge < -0.3 is 10.2 Å². The number of carbonyl (C=O) groups is 1. The van der Waals surface area contributed by atoms with Crippen molar-refractivity contribution in [1.29, 1.82) is 0 Å². The third-order valence-corrected chi connectivity index (χ3v) is 4.96. The second-order valence-electron chi connectivity index (χ2n) is 6.50. The second kappa shape index (κ2) is 9.66. The van der Waals surface area contributed by atoms with E-state index in [2.05, 4.69) is 15.5 Å². The second-order valence-corrected chi connectivity index (χ2v) is 6.91. The van der Waals surface area contributed by atoms with Gasteiger partial charge in [-0.25, -0.2) is 14.3 Å². The van der Waals surface area contributed by atoms with Crippen LogP contribution in [0.15, 0.2) is 23.0 Å². The number of fused-ring (bicyclic) bond motifs is 1. The molecule has 1 aromatic carbocycles. The molecule has 30 heavy (non-hydrogen) atoms. The van der Waals surface area contributed by atoms with Gasteiger partial charge in [0.25, 0.3) is 11.2 Å². The number of hydrogen-bond donors (Lipinski definition) is 2. The van der Waals surface area contributed by atoms with Gasteiger partial charge in [-0.1, -0.05) is 32.4 Å². The minimum absolute atomic E-state index is 0.261. The quantitative estimate of drug-likeness (QED) is 0.541. The van der Waals surface area contributed by atoms with E-state index in [0.29, 0.717) is 24.6 Å². The number of nitro benzene ring substituents is 1. The van der Waals surface area contributed by atoms with Crippen molar-refractivity contribution in [3.63, 3.8) is 0 Å². The molecule has 2 amide bonds. The van der Waals surface area contributed by atoms with Crippen molar-refractivity contribution >= 4 is 29.0 Å². The van der Waals surface area contributed by atoms with E-state index in [4.69, 9.17) is 11.6 Å². The highest BCUT2D eigenvalue weighted by Gasteiger charge is 2.36. The van der Waals surface area contributed by atoms with Crippen molar-refractivity contribution in [2.24, 2.45) is 0 Å². The van der Waals surface area contributed by atoms with Gasteiger partial charge in [0, 0.05) is 12.1 Å². The first-order chi connectivity index (χ1) is 14.2. The predicted molar refractivity (Wildman–Crippen MR) is 111 cm³/mol. The standard InChI is InChI=1S/C17H17ClFN5O4.C2H6/c1-3-13-16-9(5-15(25)21-22-16)4-8(2)23(13)17(26)20-12-6-10(18)14(24(27)28)7-11(12)19;1-2/h5-8,13H,3-4H2,1-2H3,(H,20,26)(H,21,25);1-2H3. The van der Waals surface area contributed by atoms with Gasteiger partial charge in [-0.15, -0.1) is 0 Å². The molecule has 0 saturated carbocycles. The highest BCUT2D eigenvalue weighted by molar-refractivity contribution is 6.33. The van der Waals surface area contributed by atoms with Crippen LogP contribution in [0.4, 0.5) is 20.6 Å². The molecule has 3 rings (SSSR count). The summed E-state index contributed by atoms with van der Waals surface area (Å²) in [6.45, 7) is 7.68. The molecule has 9 nitrogen and oxygen atoms in total. The fourth-order valence-corrected chi connectivity index (χ4v) is 3.68. The summed E-state index contributed by atoms with van der Waals surface area (Å²) in [5.41, 5.74) is 0.176. The molecule has 2 aromatic rings. The number of hydrogen-bond acceptors (Lipinski definition) is 5. The molecule has 0 radical (unpaired) electrons. The number of aromatic amines is 1. The van der Waals surface area contributed by atoms with Crippen LogP contribution < -0.4 is 10.9 Å². The van der Waals surface area contributed by atoms with Crippen molar-refractivity contribution < 1.29 is 14.1 Å². The van der Waals surface area contributed by atoms with Gasteiger partial charge in [-0.2, -0.15) is 5.10 Å². The van der Waals surface area contributed by atoms with Crippen LogP contribution in [0, 0.1) is 15.9 Å². The van der Waals surface area contributed by atoms with Crippen LogP contribution in [0.25, 0.3) is 0 Å². The first kappa shape index (κ1) is 23.3. The molecule has 0 bridgehead atoms. The Kier molecular flexibility index (Phi) is 7.49. The van der Waals surface area contributed by atoms with Crippen molar-refractivity contribution in [3.8, 4) is 0 Å². The Morgan fingerprint density at radius 1 is 1.43 bits per heavy atom. The molecule has 11 heteroatoms. The number of amides is 2. The number of halogens is 2. The lowest BCUT2D eigenvalue weighted by molar-refractivity contribution is -0.384. The van der Waals surface area contributed by atoms with Gasteiger partial charge in [-0.05, 0) is 31.4 Å². The first-order valence-electron chi connectivity index (χ1n) is 9.54.